The molecule has 0 unspecified atom stereocenters. The Bertz CT molecular complexity index is 741. The van der Waals surface area contributed by atoms with Crippen LogP contribution in [0.3, 0.4) is 0 Å². The molecule has 0 bridgehead atoms. The number of carbonyl (C=O) groups excluding carboxylic acids is 1. The predicted octanol–water partition coefficient (Wildman–Crippen LogP) is 4.53. The summed E-state index contributed by atoms with van der Waals surface area (Å²) in [5.74, 6) is 0. The van der Waals surface area contributed by atoms with E-state index in [2.05, 4.69) is 17.3 Å². The van der Waals surface area contributed by atoms with E-state index in [0.717, 1.165) is 53.3 Å². The van der Waals surface area contributed by atoms with E-state index in [1.54, 1.807) is 4.90 Å². The van der Waals surface area contributed by atoms with Crippen LogP contribution in [-0.4, -0.2) is 34.3 Å². The number of urea groups is 1. The lowest BCUT2D eigenvalue weighted by molar-refractivity contribution is 0.206. The highest BCUT2D eigenvalue weighted by molar-refractivity contribution is 6.31. The van der Waals surface area contributed by atoms with Crippen LogP contribution in [0.2, 0.25) is 5.02 Å². The Morgan fingerprint density at radius 3 is 2.69 bits per heavy atom. The summed E-state index contributed by atoms with van der Waals surface area (Å²) in [7, 11) is 1.82. The Morgan fingerprint density at radius 1 is 1.27 bits per heavy atom. The number of aromatic nitrogens is 2. The predicted molar refractivity (Wildman–Crippen MR) is 107 cm³/mol. The molecule has 1 aromatic heterocycles. The van der Waals surface area contributed by atoms with Gasteiger partial charge in [0.2, 0.25) is 0 Å². The molecule has 0 radical (unpaired) electrons. The first kappa shape index (κ1) is 20.3. The third-order valence-electron chi connectivity index (χ3n) is 4.61. The smallest absolute Gasteiger partial charge is 0.317 e. The Labute approximate surface area is 161 Å². The summed E-state index contributed by atoms with van der Waals surface area (Å²) in [5.41, 5.74) is 4.13. The topological polar surface area (TPSA) is 50.2 Å². The molecule has 26 heavy (non-hydrogen) atoms. The quantitative estimate of drug-likeness (QED) is 0.688. The van der Waals surface area contributed by atoms with Gasteiger partial charge in [-0.1, -0.05) is 49.6 Å². The van der Waals surface area contributed by atoms with Gasteiger partial charge in [0.05, 0.1) is 18.8 Å². The number of rotatable bonds is 8. The van der Waals surface area contributed by atoms with Crippen LogP contribution in [0, 0.1) is 13.8 Å². The van der Waals surface area contributed by atoms with Gasteiger partial charge in [0.1, 0.15) is 0 Å². The first-order chi connectivity index (χ1) is 12.4. The van der Waals surface area contributed by atoms with Crippen molar-refractivity contribution in [1.29, 1.82) is 0 Å². The second-order valence-corrected chi connectivity index (χ2v) is 7.10. The summed E-state index contributed by atoms with van der Waals surface area (Å²) in [4.78, 5) is 14.0. The highest BCUT2D eigenvalue weighted by Gasteiger charge is 2.16. The molecule has 1 aromatic carbocycles. The summed E-state index contributed by atoms with van der Waals surface area (Å²) in [6.45, 7) is 8.07. The summed E-state index contributed by atoms with van der Waals surface area (Å²) in [6.07, 6.45) is 3.30. The molecule has 0 aliphatic rings. The summed E-state index contributed by atoms with van der Waals surface area (Å²) in [5, 5.41) is 8.36. The highest BCUT2D eigenvalue weighted by atomic mass is 35.5. The Hall–Kier alpha value is -2.01. The fourth-order valence-corrected chi connectivity index (χ4v) is 3.11. The highest BCUT2D eigenvalue weighted by Crippen LogP contribution is 2.20. The third-order valence-corrected chi connectivity index (χ3v) is 4.98. The monoisotopic (exact) mass is 376 g/mol. The zero-order valence-electron chi connectivity index (χ0n) is 16.2. The minimum Gasteiger partial charge on any atom is -0.338 e. The van der Waals surface area contributed by atoms with E-state index < -0.39 is 0 Å². The second-order valence-electron chi connectivity index (χ2n) is 6.69. The number of benzene rings is 1. The van der Waals surface area contributed by atoms with Gasteiger partial charge in [-0.2, -0.15) is 5.10 Å². The van der Waals surface area contributed by atoms with E-state index in [-0.39, 0.29) is 6.03 Å². The number of carbonyl (C=O) groups is 1. The minimum atomic E-state index is -0.0428. The molecule has 2 aromatic rings. The van der Waals surface area contributed by atoms with Crippen LogP contribution >= 0.6 is 11.6 Å². The van der Waals surface area contributed by atoms with Gasteiger partial charge < -0.3 is 10.2 Å². The molecule has 0 saturated heterocycles. The second kappa shape index (κ2) is 9.62. The molecule has 2 rings (SSSR count). The molecule has 1 N–H and O–H groups in total. The third kappa shape index (κ3) is 5.24. The molecule has 0 fully saturated rings. The molecular weight excluding hydrogens is 348 g/mol. The van der Waals surface area contributed by atoms with Crippen molar-refractivity contribution in [3.63, 3.8) is 0 Å². The lowest BCUT2D eigenvalue weighted by Crippen LogP contribution is -2.37. The normalized spacial score (nSPS) is 10.8. The van der Waals surface area contributed by atoms with Crippen molar-refractivity contribution < 1.29 is 4.79 Å². The van der Waals surface area contributed by atoms with Gasteiger partial charge in [0.15, 0.2) is 0 Å². The van der Waals surface area contributed by atoms with E-state index >= 15 is 0 Å². The van der Waals surface area contributed by atoms with Crippen molar-refractivity contribution in [2.45, 2.75) is 53.1 Å². The van der Waals surface area contributed by atoms with Gasteiger partial charge in [-0.15, -0.1) is 0 Å². The number of nitrogens with zero attached hydrogens (tertiary/aromatic N) is 3. The fraction of sp³-hybridized carbons (Fsp3) is 0.500. The average Bonchev–Trinajstić information content (AvgIpc) is 2.88. The first-order valence-corrected chi connectivity index (χ1v) is 9.57. The molecule has 2 amide bonds. The van der Waals surface area contributed by atoms with Crippen LogP contribution in [-0.2, 0) is 13.1 Å². The number of halogens is 1. The fourth-order valence-electron chi connectivity index (χ4n) is 2.92. The molecule has 0 atom stereocenters. The van der Waals surface area contributed by atoms with E-state index in [1.807, 2.05) is 49.8 Å². The lowest BCUT2D eigenvalue weighted by Gasteiger charge is -2.18. The molecule has 0 saturated carbocycles. The average molecular weight is 377 g/mol. The number of unbranched alkanes of at least 4 members (excludes halogenated alkanes) is 2. The molecule has 0 aliphatic heterocycles. The van der Waals surface area contributed by atoms with Gasteiger partial charge >= 0.3 is 6.03 Å². The number of amides is 2. The van der Waals surface area contributed by atoms with E-state index in [4.69, 9.17) is 11.6 Å². The van der Waals surface area contributed by atoms with E-state index in [1.165, 1.54) is 0 Å². The van der Waals surface area contributed by atoms with Gasteiger partial charge in [-0.05, 0) is 31.9 Å². The van der Waals surface area contributed by atoms with Crippen molar-refractivity contribution >= 4 is 17.6 Å². The van der Waals surface area contributed by atoms with Gasteiger partial charge in [0.25, 0.3) is 0 Å². The number of aryl methyl sites for hydroxylation is 1. The Balaban J connectivity index is 2.03. The maximum Gasteiger partial charge on any atom is 0.317 e. The van der Waals surface area contributed by atoms with Crippen LogP contribution < -0.4 is 5.32 Å². The number of nitrogens with one attached hydrogen (secondary N) is 1. The number of hydrogen-bond acceptors (Lipinski definition) is 2. The summed E-state index contributed by atoms with van der Waals surface area (Å²) >= 11 is 6.27. The molecule has 5 nitrogen and oxygen atoms in total. The van der Waals surface area contributed by atoms with Crippen LogP contribution in [0.25, 0.3) is 0 Å². The molecule has 1 heterocycles. The van der Waals surface area contributed by atoms with Crippen LogP contribution in [0.5, 0.6) is 0 Å². The zero-order valence-corrected chi connectivity index (χ0v) is 16.9. The molecule has 0 spiro atoms. The molecule has 142 valence electrons. The van der Waals surface area contributed by atoms with Crippen LogP contribution in [0.15, 0.2) is 24.3 Å². The van der Waals surface area contributed by atoms with Crippen molar-refractivity contribution in [3.05, 3.63) is 51.8 Å². The van der Waals surface area contributed by atoms with Crippen molar-refractivity contribution in [3.8, 4) is 0 Å². The lowest BCUT2D eigenvalue weighted by atomic mass is 10.2. The van der Waals surface area contributed by atoms with Gasteiger partial charge in [-0.3, -0.25) is 4.68 Å². The van der Waals surface area contributed by atoms with Crippen molar-refractivity contribution in [2.75, 3.05) is 13.6 Å². The van der Waals surface area contributed by atoms with Crippen LogP contribution in [0.1, 0.15) is 48.7 Å². The number of hydrogen-bond donors (Lipinski definition) is 1. The molecule has 6 heteroatoms. The van der Waals surface area contributed by atoms with E-state index in [9.17, 15) is 4.79 Å². The Morgan fingerprint density at radius 2 is 2.00 bits per heavy atom. The Kier molecular flexibility index (Phi) is 7.51. The maximum atomic E-state index is 12.2. The SMILES string of the molecule is CCCCCNC(=O)N(C)Cc1c(C)nn(Cc2ccccc2Cl)c1C. The van der Waals surface area contributed by atoms with Crippen molar-refractivity contribution in [2.24, 2.45) is 0 Å². The summed E-state index contributed by atoms with van der Waals surface area (Å²) in [6, 6.07) is 7.75. The molecule has 0 aliphatic carbocycles. The summed E-state index contributed by atoms with van der Waals surface area (Å²) < 4.78 is 1.96. The van der Waals surface area contributed by atoms with E-state index in [0.29, 0.717) is 13.1 Å². The van der Waals surface area contributed by atoms with Crippen molar-refractivity contribution in [1.82, 2.24) is 20.0 Å². The zero-order chi connectivity index (χ0) is 19.1. The van der Waals surface area contributed by atoms with Gasteiger partial charge in [0, 0.05) is 29.9 Å². The largest absolute Gasteiger partial charge is 0.338 e. The molecular formula is C20H29ClN4O. The first-order valence-electron chi connectivity index (χ1n) is 9.19. The minimum absolute atomic E-state index is 0.0428. The van der Waals surface area contributed by atoms with Crippen LogP contribution in [0.4, 0.5) is 4.79 Å². The standard InChI is InChI=1S/C20H29ClN4O/c1-5-6-9-12-22-20(26)24(4)14-18-15(2)23-25(16(18)3)13-17-10-7-8-11-19(17)21/h7-8,10-11H,5-6,9,12-14H2,1-4H3,(H,22,26). The maximum absolute atomic E-state index is 12.2. The van der Waals surface area contributed by atoms with Gasteiger partial charge in [-0.25, -0.2) is 4.79 Å².